The zero-order valence-electron chi connectivity index (χ0n) is 7.93. The molecule has 0 aromatic heterocycles. The summed E-state index contributed by atoms with van der Waals surface area (Å²) in [7, 11) is 6.25. The van der Waals surface area contributed by atoms with Crippen molar-refractivity contribution in [2.45, 2.75) is 6.42 Å². The summed E-state index contributed by atoms with van der Waals surface area (Å²) in [5.41, 5.74) is 0. The summed E-state index contributed by atoms with van der Waals surface area (Å²) in [4.78, 5) is 0. The van der Waals surface area contributed by atoms with Crippen LogP contribution in [-0.4, -0.2) is 57.0 Å². The summed E-state index contributed by atoms with van der Waals surface area (Å²) >= 11 is 0. The Morgan fingerprint density at radius 1 is 1.27 bits per heavy atom. The molecule has 0 saturated heterocycles. The predicted octanol–water partition coefficient (Wildman–Crippen LogP) is -0.335. The van der Waals surface area contributed by atoms with Gasteiger partial charge in [0.2, 0.25) is 0 Å². The minimum absolute atomic E-state index is 0.284. The Labute approximate surface area is 69.6 Å². The van der Waals surface area contributed by atoms with E-state index in [1.54, 1.807) is 0 Å². The predicted molar refractivity (Wildman–Crippen MR) is 47.5 cm³/mol. The van der Waals surface area contributed by atoms with E-state index >= 15 is 0 Å². The van der Waals surface area contributed by atoms with E-state index in [-0.39, 0.29) is 6.61 Å². The van der Waals surface area contributed by atoms with Gasteiger partial charge in [-0.25, -0.2) is 0 Å². The molecule has 3 nitrogen and oxygen atoms in total. The maximum atomic E-state index is 8.73. The van der Waals surface area contributed by atoms with Gasteiger partial charge in [-0.2, -0.15) is 0 Å². The Bertz CT molecular complexity index is 94.1. The van der Waals surface area contributed by atoms with E-state index in [0.29, 0.717) is 0 Å². The molecule has 0 unspecified atom stereocenters. The second-order valence-corrected chi connectivity index (χ2v) is 3.56. The third-order valence-electron chi connectivity index (χ3n) is 1.90. The molecule has 0 saturated carbocycles. The van der Waals surface area contributed by atoms with Gasteiger partial charge in [0.25, 0.3) is 0 Å². The van der Waals surface area contributed by atoms with Crippen LogP contribution in [0.5, 0.6) is 0 Å². The summed E-state index contributed by atoms with van der Waals surface area (Å²) in [6.07, 6.45) is 1.17. The van der Waals surface area contributed by atoms with Gasteiger partial charge in [-0.3, -0.25) is 0 Å². The number of likely N-dealkylation sites (N-methyl/N-ethyl adjacent to an activating group) is 1. The van der Waals surface area contributed by atoms with Gasteiger partial charge >= 0.3 is 0 Å². The highest BCUT2D eigenvalue weighted by molar-refractivity contribution is 4.40. The van der Waals surface area contributed by atoms with E-state index in [1.165, 1.54) is 6.42 Å². The molecule has 0 aromatic rings. The number of hydrogen-bond acceptors (Lipinski definition) is 2. The number of aliphatic hydroxyl groups excluding tert-OH is 1. The highest BCUT2D eigenvalue weighted by atomic mass is 16.3. The first-order chi connectivity index (χ1) is 5.12. The van der Waals surface area contributed by atoms with Crippen LogP contribution in [0.15, 0.2) is 0 Å². The fraction of sp³-hybridized carbons (Fsp3) is 1.00. The molecule has 3 heteroatoms. The van der Waals surface area contributed by atoms with Gasteiger partial charge in [0, 0.05) is 13.0 Å². The minimum Gasteiger partial charge on any atom is -0.391 e. The molecule has 0 aliphatic rings. The van der Waals surface area contributed by atoms with Crippen molar-refractivity contribution in [1.82, 2.24) is 5.32 Å². The second-order valence-electron chi connectivity index (χ2n) is 3.56. The van der Waals surface area contributed by atoms with E-state index in [2.05, 4.69) is 19.4 Å². The third kappa shape index (κ3) is 6.28. The quantitative estimate of drug-likeness (QED) is 0.413. The number of hydrogen-bond donors (Lipinski definition) is 2. The van der Waals surface area contributed by atoms with Gasteiger partial charge < -0.3 is 14.9 Å². The Morgan fingerprint density at radius 2 is 1.91 bits per heavy atom. The molecule has 68 valence electrons. The van der Waals surface area contributed by atoms with Crippen LogP contribution >= 0.6 is 0 Å². The van der Waals surface area contributed by atoms with Crippen molar-refractivity contribution in [2.75, 3.05) is 47.4 Å². The Hall–Kier alpha value is -0.120. The topological polar surface area (TPSA) is 32.3 Å². The van der Waals surface area contributed by atoms with Gasteiger partial charge in [-0.1, -0.05) is 0 Å². The van der Waals surface area contributed by atoms with Gasteiger partial charge in [-0.05, 0) is 7.05 Å². The van der Waals surface area contributed by atoms with E-state index in [1.807, 2.05) is 7.05 Å². The lowest BCUT2D eigenvalue weighted by Crippen LogP contribution is -2.43. The van der Waals surface area contributed by atoms with Crippen molar-refractivity contribution in [3.05, 3.63) is 0 Å². The Balaban J connectivity index is 3.38. The summed E-state index contributed by atoms with van der Waals surface area (Å²) in [5, 5.41) is 11.8. The summed E-state index contributed by atoms with van der Waals surface area (Å²) < 4.78 is 0.915. The lowest BCUT2D eigenvalue weighted by atomic mass is 10.3. The monoisotopic (exact) mass is 161 g/mol. The highest BCUT2D eigenvalue weighted by Gasteiger charge is 2.12. The lowest BCUT2D eigenvalue weighted by Gasteiger charge is -2.28. The standard InChI is InChI=1S/C8H21N2O/c1-9-5-4-6-10(2,3)7-8-11/h9,11H,4-8H2,1-3H3/q+1. The smallest absolute Gasteiger partial charge is 0.102 e. The van der Waals surface area contributed by atoms with Crippen LogP contribution in [0.25, 0.3) is 0 Å². The molecule has 0 aliphatic heterocycles. The molecule has 0 radical (unpaired) electrons. The first-order valence-corrected chi connectivity index (χ1v) is 4.20. The molecule has 0 heterocycles. The van der Waals surface area contributed by atoms with Crippen molar-refractivity contribution in [1.29, 1.82) is 0 Å². The molecule has 0 bridgehead atoms. The first kappa shape index (κ1) is 10.9. The molecule has 2 N–H and O–H groups in total. The molecule has 0 amide bonds. The SMILES string of the molecule is CNCCC[N+](C)(C)CCO. The minimum atomic E-state index is 0.284. The van der Waals surface area contributed by atoms with Gasteiger partial charge in [0.15, 0.2) is 0 Å². The Morgan fingerprint density at radius 3 is 2.36 bits per heavy atom. The number of nitrogens with one attached hydrogen (secondary N) is 1. The fourth-order valence-electron chi connectivity index (χ4n) is 1.07. The molecule has 11 heavy (non-hydrogen) atoms. The Kier molecular flexibility index (Phi) is 5.46. The maximum absolute atomic E-state index is 8.73. The van der Waals surface area contributed by atoms with E-state index < -0.39 is 0 Å². The molecule has 0 atom stereocenters. The van der Waals surface area contributed by atoms with Crippen LogP contribution < -0.4 is 5.32 Å². The molecular weight excluding hydrogens is 140 g/mol. The van der Waals surface area contributed by atoms with E-state index in [0.717, 1.165) is 24.1 Å². The largest absolute Gasteiger partial charge is 0.391 e. The average molecular weight is 161 g/mol. The molecule has 0 fully saturated rings. The number of nitrogens with zero attached hydrogens (tertiary/aromatic N) is 1. The average Bonchev–Trinajstić information content (AvgIpc) is 1.87. The fourth-order valence-corrected chi connectivity index (χ4v) is 1.07. The zero-order chi connectivity index (χ0) is 8.74. The normalized spacial score (nSPS) is 12.0. The maximum Gasteiger partial charge on any atom is 0.102 e. The zero-order valence-corrected chi connectivity index (χ0v) is 7.93. The highest BCUT2D eigenvalue weighted by Crippen LogP contribution is 1.96. The van der Waals surface area contributed by atoms with Crippen molar-refractivity contribution >= 4 is 0 Å². The third-order valence-corrected chi connectivity index (χ3v) is 1.90. The van der Waals surface area contributed by atoms with Crippen molar-refractivity contribution < 1.29 is 9.59 Å². The van der Waals surface area contributed by atoms with Crippen LogP contribution in [0.2, 0.25) is 0 Å². The van der Waals surface area contributed by atoms with Crippen LogP contribution in [0.4, 0.5) is 0 Å². The molecule has 0 aliphatic carbocycles. The first-order valence-electron chi connectivity index (χ1n) is 4.20. The summed E-state index contributed by atoms with van der Waals surface area (Å²) in [6.45, 7) is 3.32. The number of aliphatic hydroxyl groups is 1. The molecule has 0 aromatic carbocycles. The molecule has 0 spiro atoms. The van der Waals surface area contributed by atoms with E-state index in [4.69, 9.17) is 5.11 Å². The molecular formula is C8H21N2O+. The van der Waals surface area contributed by atoms with Gasteiger partial charge in [0.1, 0.15) is 6.54 Å². The number of rotatable bonds is 6. The molecule has 0 rings (SSSR count). The van der Waals surface area contributed by atoms with Crippen LogP contribution in [0.3, 0.4) is 0 Å². The van der Waals surface area contributed by atoms with Crippen molar-refractivity contribution in [3.8, 4) is 0 Å². The van der Waals surface area contributed by atoms with Crippen LogP contribution in [-0.2, 0) is 0 Å². The second kappa shape index (κ2) is 5.52. The van der Waals surface area contributed by atoms with Gasteiger partial charge in [0.05, 0.1) is 27.2 Å². The lowest BCUT2D eigenvalue weighted by molar-refractivity contribution is -0.890. The van der Waals surface area contributed by atoms with Crippen LogP contribution in [0.1, 0.15) is 6.42 Å². The number of quaternary nitrogens is 1. The van der Waals surface area contributed by atoms with Crippen LogP contribution in [0, 0.1) is 0 Å². The van der Waals surface area contributed by atoms with Gasteiger partial charge in [-0.15, -0.1) is 0 Å². The van der Waals surface area contributed by atoms with Crippen molar-refractivity contribution in [3.63, 3.8) is 0 Å². The van der Waals surface area contributed by atoms with E-state index in [9.17, 15) is 0 Å². The summed E-state index contributed by atoms with van der Waals surface area (Å²) in [5.74, 6) is 0. The summed E-state index contributed by atoms with van der Waals surface area (Å²) in [6, 6.07) is 0. The van der Waals surface area contributed by atoms with Crippen molar-refractivity contribution in [2.24, 2.45) is 0 Å².